The van der Waals surface area contributed by atoms with Gasteiger partial charge in [0.05, 0.1) is 24.6 Å². The minimum Gasteiger partial charge on any atom is -0.468 e. The molecule has 1 N–H and O–H groups in total. The number of para-hydroxylation sites is 1. The van der Waals surface area contributed by atoms with Gasteiger partial charge in [-0.3, -0.25) is 19.7 Å². The van der Waals surface area contributed by atoms with Crippen molar-refractivity contribution in [2.75, 3.05) is 12.0 Å². The molecule has 0 aliphatic carbocycles. The summed E-state index contributed by atoms with van der Waals surface area (Å²) >= 11 is 0. The number of aryl methyl sites for hydroxylation is 1. The summed E-state index contributed by atoms with van der Waals surface area (Å²) in [6, 6.07) is 12.5. The van der Waals surface area contributed by atoms with E-state index in [1.807, 2.05) is 31.2 Å². The fourth-order valence-electron chi connectivity index (χ4n) is 4.61. The van der Waals surface area contributed by atoms with E-state index in [1.54, 1.807) is 13.0 Å². The summed E-state index contributed by atoms with van der Waals surface area (Å²) in [7, 11) is 1.24. The Morgan fingerprint density at radius 3 is 2.41 bits per heavy atom. The molecule has 0 saturated carbocycles. The Morgan fingerprint density at radius 2 is 1.76 bits per heavy atom. The fraction of sp³-hybridized carbons (Fsp3) is 0.318. The number of esters is 1. The van der Waals surface area contributed by atoms with E-state index in [-0.39, 0.29) is 5.69 Å². The van der Waals surface area contributed by atoms with E-state index in [4.69, 9.17) is 4.74 Å². The number of methoxy groups -OCH3 is 1. The number of imide groups is 1. The number of halogens is 1. The van der Waals surface area contributed by atoms with Gasteiger partial charge in [-0.1, -0.05) is 36.4 Å². The molecule has 2 fully saturated rings. The van der Waals surface area contributed by atoms with Gasteiger partial charge in [-0.15, -0.1) is 0 Å². The molecule has 150 valence electrons. The normalized spacial score (nSPS) is 28.6. The Morgan fingerprint density at radius 1 is 1.10 bits per heavy atom. The van der Waals surface area contributed by atoms with Crippen LogP contribution in [0.3, 0.4) is 0 Å². The van der Waals surface area contributed by atoms with E-state index in [2.05, 4.69) is 5.32 Å². The number of anilines is 1. The van der Waals surface area contributed by atoms with Gasteiger partial charge in [-0.05, 0) is 37.1 Å². The topological polar surface area (TPSA) is 75.7 Å². The number of benzene rings is 2. The van der Waals surface area contributed by atoms with Crippen LogP contribution in [0.15, 0.2) is 48.5 Å². The number of fused-ring (bicyclic) bond motifs is 1. The summed E-state index contributed by atoms with van der Waals surface area (Å²) in [4.78, 5) is 40.3. The monoisotopic (exact) mass is 396 g/mol. The molecular formula is C22H21FN2O4. The molecule has 2 amide bonds. The summed E-state index contributed by atoms with van der Waals surface area (Å²) in [5, 5.41) is 3.19. The quantitative estimate of drug-likeness (QED) is 0.637. The van der Waals surface area contributed by atoms with Gasteiger partial charge in [0.2, 0.25) is 11.8 Å². The summed E-state index contributed by atoms with van der Waals surface area (Å²) in [5.41, 5.74) is 0.209. The van der Waals surface area contributed by atoms with Crippen LogP contribution in [0, 0.1) is 24.6 Å². The molecule has 4 atom stereocenters. The van der Waals surface area contributed by atoms with Gasteiger partial charge in [0.1, 0.15) is 11.4 Å². The number of ether oxygens (including phenoxy) is 1. The van der Waals surface area contributed by atoms with Gasteiger partial charge in [0.15, 0.2) is 0 Å². The van der Waals surface area contributed by atoms with E-state index in [9.17, 15) is 18.8 Å². The molecule has 6 nitrogen and oxygen atoms in total. The second kappa shape index (κ2) is 6.77. The third-order valence-electron chi connectivity index (χ3n) is 6.01. The number of nitrogens with one attached hydrogen (secondary N) is 1. The third-order valence-corrected chi connectivity index (χ3v) is 6.01. The molecule has 2 heterocycles. The second-order valence-electron chi connectivity index (χ2n) is 7.64. The maximum absolute atomic E-state index is 14.4. The first kappa shape index (κ1) is 19.3. The molecule has 2 aliphatic heterocycles. The lowest BCUT2D eigenvalue weighted by Crippen LogP contribution is -2.54. The molecule has 2 aromatic carbocycles. The standard InChI is InChI=1S/C22H21FN2O4/c1-12-8-4-5-9-13(12)18-16-17(22(2,24-18)21(28)29-3)20(27)25(19(16)26)15-11-7-6-10-14(15)23/h4-11,16-18,24H,1-3H3/t16-,17+,18-,22+/m1/s1. The van der Waals surface area contributed by atoms with Crippen LogP contribution in [0.25, 0.3) is 0 Å². The highest BCUT2D eigenvalue weighted by atomic mass is 19.1. The lowest BCUT2D eigenvalue weighted by molar-refractivity contribution is -0.151. The van der Waals surface area contributed by atoms with Crippen LogP contribution in [0.4, 0.5) is 10.1 Å². The van der Waals surface area contributed by atoms with Crippen molar-refractivity contribution >= 4 is 23.5 Å². The number of rotatable bonds is 3. The Bertz CT molecular complexity index is 1020. The lowest BCUT2D eigenvalue weighted by Gasteiger charge is -2.29. The zero-order valence-electron chi connectivity index (χ0n) is 16.3. The molecule has 0 aromatic heterocycles. The summed E-state index contributed by atoms with van der Waals surface area (Å²) in [6.45, 7) is 3.46. The van der Waals surface area contributed by atoms with E-state index >= 15 is 0 Å². The number of nitrogens with zero attached hydrogens (tertiary/aromatic N) is 1. The van der Waals surface area contributed by atoms with Crippen molar-refractivity contribution in [1.29, 1.82) is 0 Å². The number of carbonyl (C=O) groups is 3. The summed E-state index contributed by atoms with van der Waals surface area (Å²) in [6.07, 6.45) is 0. The molecule has 0 spiro atoms. The second-order valence-corrected chi connectivity index (χ2v) is 7.64. The predicted octanol–water partition coefficient (Wildman–Crippen LogP) is 2.52. The molecular weight excluding hydrogens is 375 g/mol. The fourth-order valence-corrected chi connectivity index (χ4v) is 4.61. The van der Waals surface area contributed by atoms with E-state index < -0.39 is 47.0 Å². The van der Waals surface area contributed by atoms with Gasteiger partial charge >= 0.3 is 5.97 Å². The Labute approximate surface area is 167 Å². The average Bonchev–Trinajstić information content (AvgIpc) is 3.16. The predicted molar refractivity (Wildman–Crippen MR) is 103 cm³/mol. The highest BCUT2D eigenvalue weighted by Crippen LogP contribution is 2.50. The Kier molecular flexibility index (Phi) is 4.50. The highest BCUT2D eigenvalue weighted by molar-refractivity contribution is 6.24. The molecule has 2 aromatic rings. The Hall–Kier alpha value is -3.06. The van der Waals surface area contributed by atoms with Crippen LogP contribution < -0.4 is 10.2 Å². The SMILES string of the molecule is COC(=O)[C@@]1(C)N[C@H](c2ccccc2C)[C@@H]2C(=O)N(c3ccccc3F)C(=O)[C@H]21. The van der Waals surface area contributed by atoms with Crippen molar-refractivity contribution in [3.8, 4) is 0 Å². The van der Waals surface area contributed by atoms with Crippen molar-refractivity contribution < 1.29 is 23.5 Å². The average molecular weight is 396 g/mol. The molecule has 7 heteroatoms. The largest absolute Gasteiger partial charge is 0.468 e. The maximum Gasteiger partial charge on any atom is 0.326 e. The van der Waals surface area contributed by atoms with Crippen molar-refractivity contribution in [2.45, 2.75) is 25.4 Å². The molecule has 4 rings (SSSR count). The van der Waals surface area contributed by atoms with Crippen molar-refractivity contribution in [3.63, 3.8) is 0 Å². The van der Waals surface area contributed by atoms with E-state index in [0.29, 0.717) is 0 Å². The number of hydrogen-bond acceptors (Lipinski definition) is 5. The van der Waals surface area contributed by atoms with Crippen LogP contribution in [-0.2, 0) is 19.1 Å². The van der Waals surface area contributed by atoms with Crippen molar-refractivity contribution in [3.05, 3.63) is 65.5 Å². The van der Waals surface area contributed by atoms with E-state index in [1.165, 1.54) is 25.3 Å². The molecule has 0 radical (unpaired) electrons. The molecule has 2 aliphatic rings. The molecule has 29 heavy (non-hydrogen) atoms. The third kappa shape index (κ3) is 2.68. The molecule has 0 unspecified atom stereocenters. The van der Waals surface area contributed by atoms with Crippen LogP contribution in [-0.4, -0.2) is 30.4 Å². The van der Waals surface area contributed by atoms with E-state index in [0.717, 1.165) is 16.0 Å². The first-order chi connectivity index (χ1) is 13.8. The first-order valence-corrected chi connectivity index (χ1v) is 9.35. The highest BCUT2D eigenvalue weighted by Gasteiger charge is 2.67. The maximum atomic E-state index is 14.4. The zero-order valence-corrected chi connectivity index (χ0v) is 16.3. The van der Waals surface area contributed by atoms with Gasteiger partial charge in [0, 0.05) is 6.04 Å². The minimum atomic E-state index is -1.42. The minimum absolute atomic E-state index is 0.104. The van der Waals surface area contributed by atoms with Crippen LogP contribution >= 0.6 is 0 Å². The molecule has 2 saturated heterocycles. The van der Waals surface area contributed by atoms with Crippen LogP contribution in [0.2, 0.25) is 0 Å². The van der Waals surface area contributed by atoms with Gasteiger partial charge in [-0.25, -0.2) is 9.29 Å². The van der Waals surface area contributed by atoms with Crippen molar-refractivity contribution in [1.82, 2.24) is 5.32 Å². The summed E-state index contributed by atoms with van der Waals surface area (Å²) < 4.78 is 19.4. The van der Waals surface area contributed by atoms with Crippen LogP contribution in [0.1, 0.15) is 24.1 Å². The van der Waals surface area contributed by atoms with Crippen LogP contribution in [0.5, 0.6) is 0 Å². The smallest absolute Gasteiger partial charge is 0.326 e. The van der Waals surface area contributed by atoms with Gasteiger partial charge in [-0.2, -0.15) is 0 Å². The van der Waals surface area contributed by atoms with Crippen molar-refractivity contribution in [2.24, 2.45) is 11.8 Å². The lowest BCUT2D eigenvalue weighted by atomic mass is 9.80. The Balaban J connectivity index is 1.87. The molecule has 0 bridgehead atoms. The number of carbonyl (C=O) groups excluding carboxylic acids is 3. The zero-order chi connectivity index (χ0) is 20.9. The number of hydrogen-bond donors (Lipinski definition) is 1. The number of amides is 2. The van der Waals surface area contributed by atoms with Gasteiger partial charge < -0.3 is 4.74 Å². The van der Waals surface area contributed by atoms with Gasteiger partial charge in [0.25, 0.3) is 0 Å². The summed E-state index contributed by atoms with van der Waals surface area (Å²) in [5.74, 6) is -4.31. The first-order valence-electron chi connectivity index (χ1n) is 9.35.